The lowest BCUT2D eigenvalue weighted by Gasteiger charge is -2.21. The van der Waals surface area contributed by atoms with Crippen LogP contribution in [0.25, 0.3) is 0 Å². The van der Waals surface area contributed by atoms with Crippen molar-refractivity contribution < 1.29 is 80.2 Å². The third-order valence-corrected chi connectivity index (χ3v) is 20.9. The van der Waals surface area contributed by atoms with Crippen LogP contribution in [-0.4, -0.2) is 96.7 Å². The molecule has 0 aliphatic rings. The lowest BCUT2D eigenvalue weighted by Crippen LogP contribution is -2.30. The Kier molecular flexibility index (Phi) is 66.8. The summed E-state index contributed by atoms with van der Waals surface area (Å²) in [6.45, 7) is 14.3. The first-order valence-corrected chi connectivity index (χ1v) is 43.8. The van der Waals surface area contributed by atoms with Gasteiger partial charge in [0.2, 0.25) is 0 Å². The molecule has 4 unspecified atom stereocenters. The number of carbonyl (C=O) groups is 4. The molecule has 19 heteroatoms. The Morgan fingerprint density at radius 1 is 0.286 bits per heavy atom. The molecule has 0 aliphatic carbocycles. The average Bonchev–Trinajstić information content (AvgIpc) is 1.94. The van der Waals surface area contributed by atoms with Crippen molar-refractivity contribution in [2.75, 3.05) is 39.6 Å². The van der Waals surface area contributed by atoms with Crippen molar-refractivity contribution in [3.8, 4) is 0 Å². The third kappa shape index (κ3) is 69.8. The molecule has 0 amide bonds. The largest absolute Gasteiger partial charge is 0.472 e. The van der Waals surface area contributed by atoms with Gasteiger partial charge in [-0.15, -0.1) is 0 Å². The van der Waals surface area contributed by atoms with Crippen LogP contribution >= 0.6 is 15.6 Å². The van der Waals surface area contributed by atoms with E-state index in [1.807, 2.05) is 0 Å². The van der Waals surface area contributed by atoms with Crippen LogP contribution in [-0.2, 0) is 65.4 Å². The zero-order valence-electron chi connectivity index (χ0n) is 64.4. The predicted molar refractivity (Wildman–Crippen MR) is 400 cm³/mol. The number of unbranched alkanes of at least 4 members (excludes halogenated alkanes) is 40. The Hall–Kier alpha value is -1.94. The van der Waals surface area contributed by atoms with E-state index < -0.39 is 97.5 Å². The molecule has 0 spiro atoms. The molecular formula is C79H154O17P2. The van der Waals surface area contributed by atoms with E-state index in [1.54, 1.807) is 0 Å². The van der Waals surface area contributed by atoms with Gasteiger partial charge in [-0.05, 0) is 49.4 Å². The quantitative estimate of drug-likeness (QED) is 0.0222. The highest BCUT2D eigenvalue weighted by atomic mass is 31.2. The minimum atomic E-state index is -4.96. The van der Waals surface area contributed by atoms with E-state index in [1.165, 1.54) is 205 Å². The minimum absolute atomic E-state index is 0.104. The number of carbonyl (C=O) groups excluding carboxylic acids is 4. The maximum atomic E-state index is 13.1. The fourth-order valence-corrected chi connectivity index (χ4v) is 13.6. The first-order chi connectivity index (χ1) is 47.2. The molecule has 0 bridgehead atoms. The number of hydrogen-bond donors (Lipinski definition) is 3. The van der Waals surface area contributed by atoms with Crippen LogP contribution in [0.2, 0.25) is 0 Å². The SMILES string of the molecule is CCC(C)CCCCCCCCCCC(=O)OC[C@H](COP(=O)(O)OC[C@H](O)COP(=O)(O)OC[C@@H](COC(=O)CCCCCCCCCCCCC(C)C)OC(=O)CCCCCCCCCCCCCCCCCCCCC(C)C)OC(=O)CCCCCCCCCCC(C)CC. The van der Waals surface area contributed by atoms with E-state index in [0.717, 1.165) is 114 Å². The summed E-state index contributed by atoms with van der Waals surface area (Å²) >= 11 is 0. The maximum Gasteiger partial charge on any atom is 0.472 e. The number of aliphatic hydroxyl groups is 1. The minimum Gasteiger partial charge on any atom is -0.462 e. The number of phosphoric acid groups is 2. The fraction of sp³-hybridized carbons (Fsp3) is 0.949. The van der Waals surface area contributed by atoms with Crippen molar-refractivity contribution >= 4 is 39.5 Å². The second kappa shape index (κ2) is 68.2. The first kappa shape index (κ1) is 96.1. The second-order valence-electron chi connectivity index (χ2n) is 29.9. The Bertz CT molecular complexity index is 1920. The van der Waals surface area contributed by atoms with Crippen LogP contribution in [0.3, 0.4) is 0 Å². The molecule has 0 heterocycles. The Morgan fingerprint density at radius 3 is 0.724 bits per heavy atom. The summed E-state index contributed by atoms with van der Waals surface area (Å²) in [6, 6.07) is 0. The summed E-state index contributed by atoms with van der Waals surface area (Å²) in [7, 11) is -9.92. The molecule has 7 atom stereocenters. The van der Waals surface area contributed by atoms with Crippen LogP contribution in [0.4, 0.5) is 0 Å². The molecule has 98 heavy (non-hydrogen) atoms. The second-order valence-corrected chi connectivity index (χ2v) is 32.8. The van der Waals surface area contributed by atoms with Gasteiger partial charge in [0.1, 0.15) is 19.3 Å². The van der Waals surface area contributed by atoms with E-state index in [2.05, 4.69) is 55.4 Å². The topological polar surface area (TPSA) is 237 Å². The Morgan fingerprint density at radius 2 is 0.490 bits per heavy atom. The molecule has 17 nitrogen and oxygen atoms in total. The molecule has 0 radical (unpaired) electrons. The van der Waals surface area contributed by atoms with Crippen LogP contribution in [0.5, 0.6) is 0 Å². The van der Waals surface area contributed by atoms with Gasteiger partial charge >= 0.3 is 39.5 Å². The van der Waals surface area contributed by atoms with Crippen molar-refractivity contribution in [3.05, 3.63) is 0 Å². The third-order valence-electron chi connectivity index (χ3n) is 19.0. The van der Waals surface area contributed by atoms with Crippen molar-refractivity contribution in [1.82, 2.24) is 0 Å². The zero-order chi connectivity index (χ0) is 72.4. The van der Waals surface area contributed by atoms with E-state index in [9.17, 15) is 43.2 Å². The predicted octanol–water partition coefficient (Wildman–Crippen LogP) is 23.2. The van der Waals surface area contributed by atoms with Crippen molar-refractivity contribution in [1.29, 1.82) is 0 Å². The van der Waals surface area contributed by atoms with Crippen LogP contribution < -0.4 is 0 Å². The van der Waals surface area contributed by atoms with Gasteiger partial charge in [-0.2, -0.15) is 0 Å². The zero-order valence-corrected chi connectivity index (χ0v) is 66.2. The Labute approximate surface area is 600 Å². The van der Waals surface area contributed by atoms with Crippen LogP contribution in [0.15, 0.2) is 0 Å². The molecule has 0 aliphatic heterocycles. The Balaban J connectivity index is 5.23. The highest BCUT2D eigenvalue weighted by molar-refractivity contribution is 7.47. The van der Waals surface area contributed by atoms with Gasteiger partial charge in [-0.3, -0.25) is 37.3 Å². The molecule has 0 saturated heterocycles. The van der Waals surface area contributed by atoms with Gasteiger partial charge < -0.3 is 33.8 Å². The van der Waals surface area contributed by atoms with E-state index >= 15 is 0 Å². The average molecular weight is 1440 g/mol. The monoisotopic (exact) mass is 1440 g/mol. The van der Waals surface area contributed by atoms with Gasteiger partial charge in [0.25, 0.3) is 0 Å². The number of esters is 4. The van der Waals surface area contributed by atoms with E-state index in [-0.39, 0.29) is 25.7 Å². The summed E-state index contributed by atoms with van der Waals surface area (Å²) < 4.78 is 68.6. The highest BCUT2D eigenvalue weighted by Crippen LogP contribution is 2.45. The summed E-state index contributed by atoms with van der Waals surface area (Å²) in [4.78, 5) is 72.9. The molecule has 0 rings (SSSR count). The maximum absolute atomic E-state index is 13.1. The number of ether oxygens (including phenoxy) is 4. The summed E-state index contributed by atoms with van der Waals surface area (Å²) in [5.41, 5.74) is 0. The lowest BCUT2D eigenvalue weighted by molar-refractivity contribution is -0.161. The van der Waals surface area contributed by atoms with Crippen LogP contribution in [0.1, 0.15) is 402 Å². The lowest BCUT2D eigenvalue weighted by atomic mass is 9.99. The number of hydrogen-bond acceptors (Lipinski definition) is 15. The standard InChI is InChI=1S/C79H154O17P2/c1-9-71(7)57-49-41-33-27-29-36-44-52-60-77(82)90-66-75(96-79(84)62-54-46-38-30-28-34-42-50-58-72(8)10-2)68-94-98(87,88)92-64-73(80)63-91-97(85,86)93-67-74(65-89-76(81)59-51-43-35-25-22-21-24-32-40-48-56-70(5)6)95-78(83)61-53-45-37-26-20-18-16-14-12-11-13-15-17-19-23-31-39-47-55-69(3)4/h69-75,80H,9-68H2,1-8H3,(H,85,86)(H,87,88)/t71?,72?,73-,74-,75-/m1/s1. The van der Waals surface area contributed by atoms with Gasteiger partial charge in [-0.25, -0.2) is 9.13 Å². The van der Waals surface area contributed by atoms with Crippen molar-refractivity contribution in [2.45, 2.75) is 420 Å². The summed E-state index contributed by atoms with van der Waals surface area (Å²) in [5, 5.41) is 10.6. The molecular weight excluding hydrogens is 1280 g/mol. The fourth-order valence-electron chi connectivity index (χ4n) is 12.0. The molecule has 0 saturated carbocycles. The normalized spacial score (nSPS) is 14.6. The molecule has 0 aromatic heterocycles. The summed E-state index contributed by atoms with van der Waals surface area (Å²) in [5.74, 6) is 1.01. The first-order valence-electron chi connectivity index (χ1n) is 40.8. The van der Waals surface area contributed by atoms with Crippen molar-refractivity contribution in [3.63, 3.8) is 0 Å². The number of phosphoric ester groups is 2. The molecule has 0 aromatic rings. The van der Waals surface area contributed by atoms with Gasteiger partial charge in [-0.1, -0.05) is 351 Å². The smallest absolute Gasteiger partial charge is 0.462 e. The van der Waals surface area contributed by atoms with E-state index in [4.69, 9.17) is 37.0 Å². The highest BCUT2D eigenvalue weighted by Gasteiger charge is 2.30. The molecule has 582 valence electrons. The van der Waals surface area contributed by atoms with E-state index in [0.29, 0.717) is 25.7 Å². The number of rotatable bonds is 76. The number of aliphatic hydroxyl groups excluding tert-OH is 1. The van der Waals surface area contributed by atoms with Crippen molar-refractivity contribution in [2.24, 2.45) is 23.7 Å². The van der Waals surface area contributed by atoms with Crippen LogP contribution in [0, 0.1) is 23.7 Å². The van der Waals surface area contributed by atoms with Gasteiger partial charge in [0.15, 0.2) is 12.2 Å². The molecule has 0 aromatic carbocycles. The summed E-state index contributed by atoms with van der Waals surface area (Å²) in [6.07, 6.45) is 54.1. The molecule has 0 fully saturated rings. The molecule has 3 N–H and O–H groups in total. The van der Waals surface area contributed by atoms with Gasteiger partial charge in [0.05, 0.1) is 26.4 Å². The van der Waals surface area contributed by atoms with Gasteiger partial charge in [0, 0.05) is 25.7 Å².